The number of aryl methyl sites for hydroxylation is 1. The van der Waals surface area contributed by atoms with Gasteiger partial charge in [0.2, 0.25) is 5.82 Å². The molecule has 0 bridgehead atoms. The van der Waals surface area contributed by atoms with Crippen molar-refractivity contribution in [2.45, 2.75) is 33.1 Å². The first-order chi connectivity index (χ1) is 13.4. The second kappa shape index (κ2) is 6.42. The molecule has 28 heavy (non-hydrogen) atoms. The summed E-state index contributed by atoms with van der Waals surface area (Å²) in [6.45, 7) is 15.2. The summed E-state index contributed by atoms with van der Waals surface area (Å²) in [6.07, 6.45) is 0. The van der Waals surface area contributed by atoms with Crippen LogP contribution in [0, 0.1) is 13.5 Å². The molecule has 0 N–H and O–H groups in total. The number of fused-ring (bicyclic) bond motifs is 1. The molecule has 0 saturated heterocycles. The average molecular weight is 371 g/mol. The monoisotopic (exact) mass is 371 g/mol. The molecule has 1 aromatic carbocycles. The van der Waals surface area contributed by atoms with Crippen molar-refractivity contribution in [2.24, 2.45) is 10.2 Å². The van der Waals surface area contributed by atoms with Gasteiger partial charge in [0.25, 0.3) is 0 Å². The molecule has 0 amide bonds. The third-order valence-corrected chi connectivity index (χ3v) is 4.12. The van der Waals surface area contributed by atoms with Crippen LogP contribution in [0.3, 0.4) is 0 Å². The molecule has 0 atom stereocenters. The Morgan fingerprint density at radius 2 is 1.96 bits per heavy atom. The summed E-state index contributed by atoms with van der Waals surface area (Å²) in [5.74, 6) is 1.28. The Morgan fingerprint density at radius 3 is 2.64 bits per heavy atom. The maximum Gasteiger partial charge on any atom is 0.202 e. The van der Waals surface area contributed by atoms with E-state index in [2.05, 4.69) is 40.8 Å². The third kappa shape index (κ3) is 2.95. The van der Waals surface area contributed by atoms with Crippen LogP contribution in [0.1, 0.15) is 43.7 Å². The fraction of sp³-hybridized carbons (Fsp3) is 0.263. The van der Waals surface area contributed by atoms with Crippen molar-refractivity contribution in [1.29, 1.82) is 0 Å². The van der Waals surface area contributed by atoms with E-state index in [1.165, 1.54) is 4.79 Å². The normalized spacial score (nSPS) is 14.7. The lowest BCUT2D eigenvalue weighted by Crippen LogP contribution is -2.13. The highest BCUT2D eigenvalue weighted by Gasteiger charge is 2.26. The molecule has 2 aromatic heterocycles. The lowest BCUT2D eigenvalue weighted by Gasteiger charge is -2.23. The minimum Gasteiger partial charge on any atom is -0.605 e. The molecule has 0 radical (unpaired) electrons. The number of benzene rings is 1. The van der Waals surface area contributed by atoms with Gasteiger partial charge in [-0.1, -0.05) is 51.1 Å². The summed E-state index contributed by atoms with van der Waals surface area (Å²) < 4.78 is 0. The molecule has 1 aliphatic rings. The van der Waals surface area contributed by atoms with E-state index in [-0.39, 0.29) is 11.2 Å². The topological polar surface area (TPSA) is 101 Å². The Labute approximate surface area is 162 Å². The molecular formula is C19H17N9-2. The highest BCUT2D eigenvalue weighted by molar-refractivity contribution is 6.54. The minimum absolute atomic E-state index is 0.189. The van der Waals surface area contributed by atoms with Crippen molar-refractivity contribution in [3.05, 3.63) is 70.1 Å². The van der Waals surface area contributed by atoms with Gasteiger partial charge in [0.15, 0.2) is 11.5 Å². The molecule has 9 heteroatoms. The van der Waals surface area contributed by atoms with Gasteiger partial charge in [-0.3, -0.25) is 0 Å². The van der Waals surface area contributed by atoms with Crippen molar-refractivity contribution >= 4 is 22.9 Å². The van der Waals surface area contributed by atoms with E-state index in [1.807, 2.05) is 51.1 Å². The zero-order chi connectivity index (χ0) is 19.9. The van der Waals surface area contributed by atoms with E-state index in [9.17, 15) is 0 Å². The SMILES string of the molecule is [C-]#[N+]c1c(C(C)(C)C)n[n-]c1[N-]N=C1C(c2ccccc2)=Nn2nc(C)nc21. The first-order valence-electron chi connectivity index (χ1n) is 8.67. The molecule has 0 unspecified atom stereocenters. The number of hydrogen-bond acceptors (Lipinski definition) is 5. The molecule has 140 valence electrons. The third-order valence-electron chi connectivity index (χ3n) is 4.12. The standard InChI is InChI=1S/C19H17N9/c1-11-21-18-14(13(27-28(18)26-11)12-9-7-6-8-10-12)22-24-17-15(20-5)16(23-25-17)19(2,3)4/h6-10H,1-4H3/q-2. The van der Waals surface area contributed by atoms with Gasteiger partial charge in [-0.2, -0.15) is 0 Å². The second-order valence-electron chi connectivity index (χ2n) is 7.32. The molecule has 4 rings (SSSR count). The van der Waals surface area contributed by atoms with Gasteiger partial charge in [-0.05, 0) is 12.3 Å². The maximum absolute atomic E-state index is 7.49. The van der Waals surface area contributed by atoms with Crippen LogP contribution in [0.5, 0.6) is 0 Å². The maximum atomic E-state index is 7.49. The Balaban J connectivity index is 1.75. The Morgan fingerprint density at radius 1 is 1.21 bits per heavy atom. The summed E-state index contributed by atoms with van der Waals surface area (Å²) in [7, 11) is 0. The van der Waals surface area contributed by atoms with Crippen molar-refractivity contribution in [3.63, 3.8) is 0 Å². The van der Waals surface area contributed by atoms with E-state index < -0.39 is 0 Å². The number of aromatic nitrogens is 5. The van der Waals surface area contributed by atoms with Crippen LogP contribution < -0.4 is 5.10 Å². The molecule has 9 nitrogen and oxygen atoms in total. The van der Waals surface area contributed by atoms with E-state index in [0.29, 0.717) is 34.5 Å². The summed E-state index contributed by atoms with van der Waals surface area (Å²) in [5, 5.41) is 21.3. The van der Waals surface area contributed by atoms with E-state index in [0.717, 1.165) is 5.56 Å². The number of nitrogens with zero attached hydrogens (tertiary/aromatic N) is 9. The highest BCUT2D eigenvalue weighted by atomic mass is 15.6. The lowest BCUT2D eigenvalue weighted by atomic mass is 9.91. The van der Waals surface area contributed by atoms with Crippen LogP contribution in [0.15, 0.2) is 40.5 Å². The van der Waals surface area contributed by atoms with Gasteiger partial charge in [0.05, 0.1) is 6.57 Å². The smallest absolute Gasteiger partial charge is 0.202 e. The first-order valence-corrected chi connectivity index (χ1v) is 8.67. The minimum atomic E-state index is -0.310. The van der Waals surface area contributed by atoms with Gasteiger partial charge in [0.1, 0.15) is 11.4 Å². The molecule has 0 aliphatic carbocycles. The predicted octanol–water partition coefficient (Wildman–Crippen LogP) is 3.46. The summed E-state index contributed by atoms with van der Waals surface area (Å²) in [4.78, 5) is 9.41. The highest BCUT2D eigenvalue weighted by Crippen LogP contribution is 2.38. The molecule has 3 aromatic rings. The quantitative estimate of drug-likeness (QED) is 0.520. The fourth-order valence-electron chi connectivity index (χ4n) is 2.82. The Hall–Kier alpha value is -3.80. The average Bonchev–Trinajstić information content (AvgIpc) is 3.32. The second-order valence-corrected chi connectivity index (χ2v) is 7.32. The van der Waals surface area contributed by atoms with E-state index in [4.69, 9.17) is 6.57 Å². The molecule has 3 heterocycles. The van der Waals surface area contributed by atoms with E-state index >= 15 is 0 Å². The number of hydrogen-bond donors (Lipinski definition) is 0. The van der Waals surface area contributed by atoms with Gasteiger partial charge < -0.3 is 20.7 Å². The number of rotatable bonds is 3. The first kappa shape index (κ1) is 17.6. The van der Waals surface area contributed by atoms with Crippen LogP contribution in [-0.4, -0.2) is 31.4 Å². The molecule has 0 spiro atoms. The van der Waals surface area contributed by atoms with Crippen LogP contribution in [0.25, 0.3) is 10.3 Å². The van der Waals surface area contributed by atoms with Crippen molar-refractivity contribution in [3.8, 4) is 0 Å². The molecule has 0 saturated carbocycles. The molecular weight excluding hydrogens is 354 g/mol. The molecule has 1 aliphatic heterocycles. The Kier molecular flexibility index (Phi) is 4.04. The van der Waals surface area contributed by atoms with Crippen molar-refractivity contribution in [1.82, 2.24) is 25.1 Å². The van der Waals surface area contributed by atoms with Gasteiger partial charge in [0, 0.05) is 11.3 Å². The summed E-state index contributed by atoms with van der Waals surface area (Å²) in [5.41, 5.74) is 6.77. The molecule has 0 fully saturated rings. The fourth-order valence-corrected chi connectivity index (χ4v) is 2.82. The van der Waals surface area contributed by atoms with Gasteiger partial charge in [-0.15, -0.1) is 15.0 Å². The van der Waals surface area contributed by atoms with Crippen molar-refractivity contribution in [2.75, 3.05) is 0 Å². The van der Waals surface area contributed by atoms with Crippen LogP contribution in [0.2, 0.25) is 0 Å². The van der Waals surface area contributed by atoms with Crippen LogP contribution >= 0.6 is 0 Å². The zero-order valence-corrected chi connectivity index (χ0v) is 15.9. The lowest BCUT2D eigenvalue weighted by molar-refractivity contribution is 0.568. The largest absolute Gasteiger partial charge is 0.605 e. The van der Waals surface area contributed by atoms with Crippen LogP contribution in [-0.2, 0) is 5.41 Å². The predicted molar refractivity (Wildman–Crippen MR) is 105 cm³/mol. The Bertz CT molecular complexity index is 1130. The van der Waals surface area contributed by atoms with Gasteiger partial charge >= 0.3 is 0 Å². The zero-order valence-electron chi connectivity index (χ0n) is 15.9. The van der Waals surface area contributed by atoms with Crippen LogP contribution in [0.4, 0.5) is 11.5 Å². The van der Waals surface area contributed by atoms with Crippen molar-refractivity contribution < 1.29 is 0 Å². The van der Waals surface area contributed by atoms with E-state index in [1.54, 1.807) is 6.92 Å². The summed E-state index contributed by atoms with van der Waals surface area (Å²) >= 11 is 0. The summed E-state index contributed by atoms with van der Waals surface area (Å²) in [6, 6.07) is 9.62. The van der Waals surface area contributed by atoms with Gasteiger partial charge in [-0.25, -0.2) is 15.6 Å².